The highest BCUT2D eigenvalue weighted by Gasteiger charge is 2.38. The number of likely N-dealkylation sites (tertiary alicyclic amines) is 1. The second-order valence-corrected chi connectivity index (χ2v) is 8.97. The minimum absolute atomic E-state index is 0.0118. The Labute approximate surface area is 210 Å². The summed E-state index contributed by atoms with van der Waals surface area (Å²) in [7, 11) is 1.24. The number of amides is 3. The fourth-order valence-corrected chi connectivity index (χ4v) is 4.78. The van der Waals surface area contributed by atoms with Crippen molar-refractivity contribution in [3.05, 3.63) is 58.1 Å². The van der Waals surface area contributed by atoms with Gasteiger partial charge in [0.15, 0.2) is 5.96 Å². The van der Waals surface area contributed by atoms with E-state index in [9.17, 15) is 27.6 Å². The first-order valence-corrected chi connectivity index (χ1v) is 11.6. The van der Waals surface area contributed by atoms with Crippen LogP contribution >= 0.6 is 0 Å². The summed E-state index contributed by atoms with van der Waals surface area (Å²) in [6, 6.07) is 7.00. The van der Waals surface area contributed by atoms with E-state index in [-0.39, 0.29) is 36.2 Å². The molecule has 0 aromatic heterocycles. The molecule has 0 aliphatic carbocycles. The largest absolute Gasteiger partial charge is 0.496 e. The SMILES string of the molecule is COc1cc(C2CCN(C(=O)c3ccc4c(c3)CCC(=O)N4)CC2)c(C(F)(F)F)cc1C(=O)N=C(N)N. The lowest BCUT2D eigenvalue weighted by molar-refractivity contribution is -0.138. The summed E-state index contributed by atoms with van der Waals surface area (Å²) >= 11 is 0. The van der Waals surface area contributed by atoms with Crippen LogP contribution in [0.5, 0.6) is 5.75 Å². The molecule has 0 saturated carbocycles. The van der Waals surface area contributed by atoms with Gasteiger partial charge in [-0.1, -0.05) is 0 Å². The van der Waals surface area contributed by atoms with Gasteiger partial charge in [-0.3, -0.25) is 14.4 Å². The third-order valence-electron chi connectivity index (χ3n) is 6.61. The van der Waals surface area contributed by atoms with E-state index in [0.717, 1.165) is 5.56 Å². The number of rotatable bonds is 4. The van der Waals surface area contributed by atoms with Crippen molar-refractivity contribution in [3.8, 4) is 5.75 Å². The fourth-order valence-electron chi connectivity index (χ4n) is 4.78. The monoisotopic (exact) mass is 517 g/mol. The summed E-state index contributed by atoms with van der Waals surface area (Å²) in [5.41, 5.74) is 11.1. The highest BCUT2D eigenvalue weighted by Crippen LogP contribution is 2.42. The molecule has 0 bridgehead atoms. The molecule has 2 aliphatic rings. The quantitative estimate of drug-likeness (QED) is 0.421. The van der Waals surface area contributed by atoms with Crippen molar-refractivity contribution in [1.82, 2.24) is 4.90 Å². The average Bonchev–Trinajstić information content (AvgIpc) is 2.86. The number of carbonyl (C=O) groups is 3. The van der Waals surface area contributed by atoms with Gasteiger partial charge in [0, 0.05) is 30.8 Å². The first-order chi connectivity index (χ1) is 17.5. The van der Waals surface area contributed by atoms with Crippen molar-refractivity contribution in [2.45, 2.75) is 37.8 Å². The average molecular weight is 518 g/mol. The number of methoxy groups -OCH3 is 1. The molecule has 0 unspecified atom stereocenters. The number of benzene rings is 2. The summed E-state index contributed by atoms with van der Waals surface area (Å²) < 4.78 is 47.2. The van der Waals surface area contributed by atoms with Gasteiger partial charge < -0.3 is 26.4 Å². The molecule has 37 heavy (non-hydrogen) atoms. The second-order valence-electron chi connectivity index (χ2n) is 8.97. The zero-order valence-electron chi connectivity index (χ0n) is 20.0. The Morgan fingerprint density at radius 3 is 2.43 bits per heavy atom. The first-order valence-electron chi connectivity index (χ1n) is 11.6. The van der Waals surface area contributed by atoms with Gasteiger partial charge in [-0.05, 0) is 66.6 Å². The lowest BCUT2D eigenvalue weighted by atomic mass is 9.85. The second kappa shape index (κ2) is 10.1. The Morgan fingerprint density at radius 2 is 1.81 bits per heavy atom. The van der Waals surface area contributed by atoms with Crippen LogP contribution in [0.25, 0.3) is 0 Å². The number of aliphatic imine (C=N–C) groups is 1. The molecule has 2 aromatic carbocycles. The summed E-state index contributed by atoms with van der Waals surface area (Å²) in [6.07, 6.45) is -3.27. The maximum Gasteiger partial charge on any atom is 0.416 e. The number of alkyl halides is 3. The Balaban J connectivity index is 1.55. The molecule has 1 fully saturated rings. The molecule has 0 atom stereocenters. The zero-order chi connectivity index (χ0) is 26.9. The number of guanidine groups is 1. The number of nitrogens with zero attached hydrogens (tertiary/aromatic N) is 2. The maximum atomic E-state index is 14.0. The number of halogens is 3. The lowest BCUT2D eigenvalue weighted by Crippen LogP contribution is -2.38. The first kappa shape index (κ1) is 26.0. The molecule has 5 N–H and O–H groups in total. The number of aryl methyl sites for hydroxylation is 1. The van der Waals surface area contributed by atoms with Gasteiger partial charge in [-0.25, -0.2) is 0 Å². The summed E-state index contributed by atoms with van der Waals surface area (Å²) in [5, 5.41) is 2.77. The van der Waals surface area contributed by atoms with Crippen LogP contribution in [-0.4, -0.2) is 48.8 Å². The van der Waals surface area contributed by atoms with Gasteiger partial charge in [-0.2, -0.15) is 18.2 Å². The Hall–Kier alpha value is -4.09. The topological polar surface area (TPSA) is 140 Å². The lowest BCUT2D eigenvalue weighted by Gasteiger charge is -2.34. The van der Waals surface area contributed by atoms with Gasteiger partial charge in [0.25, 0.3) is 11.8 Å². The predicted molar refractivity (Wildman–Crippen MR) is 129 cm³/mol. The van der Waals surface area contributed by atoms with Crippen LogP contribution in [0.2, 0.25) is 0 Å². The molecule has 196 valence electrons. The van der Waals surface area contributed by atoms with Crippen LogP contribution in [-0.2, 0) is 17.4 Å². The molecule has 12 heteroatoms. The highest BCUT2D eigenvalue weighted by atomic mass is 19.4. The molecule has 2 aliphatic heterocycles. The smallest absolute Gasteiger partial charge is 0.416 e. The molecular weight excluding hydrogens is 491 g/mol. The van der Waals surface area contributed by atoms with E-state index in [1.807, 2.05) is 0 Å². The molecule has 2 heterocycles. The normalized spacial score (nSPS) is 16.0. The van der Waals surface area contributed by atoms with E-state index >= 15 is 0 Å². The number of anilines is 1. The predicted octanol–water partition coefficient (Wildman–Crippen LogP) is 3.03. The molecule has 0 radical (unpaired) electrons. The summed E-state index contributed by atoms with van der Waals surface area (Å²) in [4.78, 5) is 41.9. The van der Waals surface area contributed by atoms with E-state index in [1.54, 1.807) is 23.1 Å². The molecule has 2 aromatic rings. The van der Waals surface area contributed by atoms with Crippen molar-refractivity contribution < 1.29 is 32.3 Å². The molecular formula is C25H26F3N5O4. The number of hydrogen-bond donors (Lipinski definition) is 3. The minimum atomic E-state index is -4.74. The molecule has 0 spiro atoms. The summed E-state index contributed by atoms with van der Waals surface area (Å²) in [5.74, 6) is -2.50. The van der Waals surface area contributed by atoms with Gasteiger partial charge in [0.05, 0.1) is 18.2 Å². The van der Waals surface area contributed by atoms with Crippen molar-refractivity contribution in [2.24, 2.45) is 16.5 Å². The van der Waals surface area contributed by atoms with Crippen molar-refractivity contribution >= 4 is 29.4 Å². The summed E-state index contributed by atoms with van der Waals surface area (Å²) in [6.45, 7) is 0.511. The Bertz CT molecular complexity index is 1280. The van der Waals surface area contributed by atoms with Crippen LogP contribution in [0.4, 0.5) is 18.9 Å². The Kier molecular flexibility index (Phi) is 7.10. The van der Waals surface area contributed by atoms with Crippen molar-refractivity contribution in [1.29, 1.82) is 0 Å². The van der Waals surface area contributed by atoms with Gasteiger partial charge >= 0.3 is 6.18 Å². The van der Waals surface area contributed by atoms with Crippen LogP contribution < -0.4 is 21.5 Å². The molecule has 1 saturated heterocycles. The van der Waals surface area contributed by atoms with Crippen LogP contribution in [0, 0.1) is 0 Å². The number of fused-ring (bicyclic) bond motifs is 1. The number of carbonyl (C=O) groups excluding carboxylic acids is 3. The van der Waals surface area contributed by atoms with E-state index < -0.39 is 35.1 Å². The van der Waals surface area contributed by atoms with Gasteiger partial charge in [0.1, 0.15) is 5.75 Å². The van der Waals surface area contributed by atoms with Crippen LogP contribution in [0.3, 0.4) is 0 Å². The van der Waals surface area contributed by atoms with Crippen LogP contribution in [0.15, 0.2) is 35.3 Å². The van der Waals surface area contributed by atoms with E-state index in [1.165, 1.54) is 13.2 Å². The standard InChI is InChI=1S/C25H26F3N5O4/c1-37-20-12-16(18(25(26,27)28)11-17(20)22(35)32-24(29)30)13-6-8-33(9-7-13)23(36)15-2-4-19-14(10-15)3-5-21(34)31-19/h2,4,10-13H,3,5-9H2,1H3,(H,31,34)(H4,29,30,32,35). The Morgan fingerprint density at radius 1 is 1.11 bits per heavy atom. The zero-order valence-corrected chi connectivity index (χ0v) is 20.0. The maximum absolute atomic E-state index is 14.0. The number of nitrogens with one attached hydrogen (secondary N) is 1. The van der Waals surface area contributed by atoms with Crippen molar-refractivity contribution in [2.75, 3.05) is 25.5 Å². The highest BCUT2D eigenvalue weighted by molar-refractivity contribution is 6.04. The number of hydrogen-bond acceptors (Lipinski definition) is 4. The van der Waals surface area contributed by atoms with Crippen molar-refractivity contribution in [3.63, 3.8) is 0 Å². The van der Waals surface area contributed by atoms with Gasteiger partial charge in [0.2, 0.25) is 5.91 Å². The third-order valence-corrected chi connectivity index (χ3v) is 6.61. The molecule has 3 amide bonds. The molecule has 9 nitrogen and oxygen atoms in total. The number of ether oxygens (including phenoxy) is 1. The fraction of sp³-hybridized carbons (Fsp3) is 0.360. The number of piperidine rings is 1. The minimum Gasteiger partial charge on any atom is -0.496 e. The van der Waals surface area contributed by atoms with E-state index in [2.05, 4.69) is 10.3 Å². The van der Waals surface area contributed by atoms with E-state index in [4.69, 9.17) is 16.2 Å². The van der Waals surface area contributed by atoms with E-state index in [0.29, 0.717) is 43.0 Å². The van der Waals surface area contributed by atoms with Crippen LogP contribution in [0.1, 0.15) is 62.6 Å². The van der Waals surface area contributed by atoms with Gasteiger partial charge in [-0.15, -0.1) is 0 Å². The third kappa shape index (κ3) is 5.52. The number of nitrogens with two attached hydrogens (primary N) is 2. The molecule has 4 rings (SSSR count).